The summed E-state index contributed by atoms with van der Waals surface area (Å²) < 4.78 is 28.3. The number of benzene rings is 4. The Kier molecular flexibility index (Phi) is 18.7. The number of fused-ring (bicyclic) bond motifs is 3. The van der Waals surface area contributed by atoms with E-state index in [0.717, 1.165) is 40.0 Å². The zero-order chi connectivity index (χ0) is 49.2. The van der Waals surface area contributed by atoms with Gasteiger partial charge >= 0.3 is 0 Å². The Morgan fingerprint density at radius 3 is 2.17 bits per heavy atom. The van der Waals surface area contributed by atoms with E-state index in [4.69, 9.17) is 15.6 Å². The molecule has 366 valence electrons. The predicted molar refractivity (Wildman–Crippen MR) is 261 cm³/mol. The van der Waals surface area contributed by atoms with Crippen LogP contribution in [-0.2, 0) is 75.8 Å². The highest BCUT2D eigenvalue weighted by Gasteiger charge is 2.44. The van der Waals surface area contributed by atoms with Gasteiger partial charge in [-0.15, -0.1) is 0 Å². The standard InChI is InChI=1S/C51H62N8O9S/c52-24-28-68-29-26-55-48(63)43-21-25-54-45(60)19-20-47(62)59-27-6-23-51(35-59,33-38-7-2-1-3-8-38)50(65)58-44(49(64)56-34-42-10-5-4-9-41(42)32-46(61)57-43)31-37-13-17-40(18-14-37)39-15-11-36(12-16-39)22-30-69(53,66)67/h1-5,7-20,43-44H,6,21-35,52H2,(H,54,60)(H,55,63)(H,56,64)(H,57,61)(H,58,65)(H2,53,66,67)/b20-19+/t43-,44-,51-/m0/s1. The predicted octanol–water partition coefficient (Wildman–Crippen LogP) is 1.57. The summed E-state index contributed by atoms with van der Waals surface area (Å²) in [5, 5.41) is 19.5. The molecule has 2 aliphatic rings. The van der Waals surface area contributed by atoms with Crippen LogP contribution in [0.3, 0.4) is 0 Å². The van der Waals surface area contributed by atoms with Crippen LogP contribution in [0.4, 0.5) is 0 Å². The Labute approximate surface area is 403 Å². The summed E-state index contributed by atoms with van der Waals surface area (Å²) in [4.78, 5) is 84.7. The molecule has 0 spiro atoms. The maximum absolute atomic E-state index is 14.9. The fraction of sp³-hybridized carbons (Fsp3) is 0.373. The number of primary sulfonamides is 1. The summed E-state index contributed by atoms with van der Waals surface area (Å²) in [5.74, 6) is -3.02. The normalized spacial score (nSPS) is 20.4. The number of rotatable bonds is 14. The second-order valence-corrected chi connectivity index (χ2v) is 19.2. The molecule has 9 N–H and O–H groups in total. The molecule has 1 fully saturated rings. The van der Waals surface area contributed by atoms with Gasteiger partial charge in [0.2, 0.25) is 45.5 Å². The highest BCUT2D eigenvalue weighted by molar-refractivity contribution is 7.89. The number of hydrogen-bond donors (Lipinski definition) is 7. The molecule has 2 bridgehead atoms. The Hall–Kier alpha value is -6.73. The van der Waals surface area contributed by atoms with Crippen LogP contribution in [-0.4, -0.2) is 113 Å². The molecule has 6 amide bonds. The van der Waals surface area contributed by atoms with Crippen molar-refractivity contribution in [2.75, 3.05) is 51.7 Å². The van der Waals surface area contributed by atoms with Crippen LogP contribution in [0, 0.1) is 5.41 Å². The van der Waals surface area contributed by atoms with Crippen LogP contribution in [0.5, 0.6) is 0 Å². The van der Waals surface area contributed by atoms with E-state index >= 15 is 0 Å². The fourth-order valence-electron chi connectivity index (χ4n) is 8.53. The number of carbonyl (C=O) groups excluding carboxylic acids is 6. The first-order valence-corrected chi connectivity index (χ1v) is 24.9. The number of piperidine rings is 1. The van der Waals surface area contributed by atoms with Crippen molar-refractivity contribution in [1.29, 1.82) is 0 Å². The lowest BCUT2D eigenvalue weighted by molar-refractivity contribution is -0.141. The largest absolute Gasteiger partial charge is 0.378 e. The van der Waals surface area contributed by atoms with E-state index < -0.39 is 63.0 Å². The first-order chi connectivity index (χ1) is 33.2. The smallest absolute Gasteiger partial charge is 0.246 e. The SMILES string of the molecule is NCCOCCNC(=O)[C@@H]1CCNC(=O)/C=C/C(=O)N2CCC[C@](Cc3ccccc3)(C2)C(=O)N[C@@H](Cc2ccc(-c3ccc(CCS(N)(=O)=O)cc3)cc2)C(=O)NCc2ccccc2CC(=O)N1. The Morgan fingerprint density at radius 1 is 0.797 bits per heavy atom. The number of carbonyl (C=O) groups is 6. The third-order valence-corrected chi connectivity index (χ3v) is 13.0. The fourth-order valence-corrected chi connectivity index (χ4v) is 9.05. The zero-order valence-electron chi connectivity index (χ0n) is 38.6. The summed E-state index contributed by atoms with van der Waals surface area (Å²) in [6.45, 7) is 1.42. The van der Waals surface area contributed by atoms with E-state index in [1.54, 1.807) is 29.2 Å². The lowest BCUT2D eigenvalue weighted by Gasteiger charge is -2.42. The lowest BCUT2D eigenvalue weighted by atomic mass is 9.74. The molecule has 0 radical (unpaired) electrons. The van der Waals surface area contributed by atoms with Gasteiger partial charge in [-0.05, 0) is 71.0 Å². The first kappa shape index (κ1) is 51.7. The van der Waals surface area contributed by atoms with Gasteiger partial charge in [-0.3, -0.25) is 28.8 Å². The monoisotopic (exact) mass is 962 g/mol. The minimum absolute atomic E-state index is 0.00155. The maximum atomic E-state index is 14.9. The van der Waals surface area contributed by atoms with Gasteiger partial charge in [-0.25, -0.2) is 13.6 Å². The molecule has 4 aromatic carbocycles. The minimum Gasteiger partial charge on any atom is -0.378 e. The van der Waals surface area contributed by atoms with E-state index in [0.29, 0.717) is 50.1 Å². The van der Waals surface area contributed by atoms with Crippen LogP contribution < -0.4 is 37.5 Å². The Balaban J connectivity index is 1.29. The number of sulfonamides is 1. The van der Waals surface area contributed by atoms with Gasteiger partial charge in [0.25, 0.3) is 0 Å². The van der Waals surface area contributed by atoms with Crippen LogP contribution in [0.25, 0.3) is 11.1 Å². The van der Waals surface area contributed by atoms with Crippen molar-refractivity contribution in [3.05, 3.63) is 143 Å². The van der Waals surface area contributed by atoms with Crippen molar-refractivity contribution < 1.29 is 41.9 Å². The summed E-state index contributed by atoms with van der Waals surface area (Å²) in [6, 6.07) is 29.6. The van der Waals surface area contributed by atoms with Crippen molar-refractivity contribution >= 4 is 45.5 Å². The van der Waals surface area contributed by atoms with Gasteiger partial charge in [-0.1, -0.05) is 103 Å². The topological polar surface area (TPSA) is 261 Å². The molecular weight excluding hydrogens is 901 g/mol. The van der Waals surface area contributed by atoms with Crippen LogP contribution in [0.2, 0.25) is 0 Å². The van der Waals surface area contributed by atoms with Crippen molar-refractivity contribution in [2.24, 2.45) is 16.3 Å². The molecule has 0 saturated carbocycles. The van der Waals surface area contributed by atoms with Gasteiger partial charge in [-0.2, -0.15) is 0 Å². The van der Waals surface area contributed by atoms with E-state index in [1.165, 1.54) is 0 Å². The molecule has 3 atom stereocenters. The van der Waals surface area contributed by atoms with Crippen molar-refractivity contribution in [3.8, 4) is 11.1 Å². The second-order valence-electron chi connectivity index (χ2n) is 17.4. The highest BCUT2D eigenvalue weighted by atomic mass is 32.2. The Bertz CT molecular complexity index is 2560. The van der Waals surface area contributed by atoms with Crippen molar-refractivity contribution in [2.45, 2.75) is 63.6 Å². The summed E-state index contributed by atoms with van der Waals surface area (Å²) in [5.41, 5.74) is 9.83. The van der Waals surface area contributed by atoms with E-state index in [9.17, 15) is 37.2 Å². The number of aryl methyl sites for hydroxylation is 1. The van der Waals surface area contributed by atoms with Crippen molar-refractivity contribution in [1.82, 2.24) is 31.5 Å². The molecule has 0 unspecified atom stereocenters. The minimum atomic E-state index is -3.60. The van der Waals surface area contributed by atoms with E-state index in [1.807, 2.05) is 78.9 Å². The molecule has 17 nitrogen and oxygen atoms in total. The molecule has 2 aliphatic heterocycles. The van der Waals surface area contributed by atoms with Gasteiger partial charge in [0.05, 0.1) is 30.8 Å². The summed E-state index contributed by atoms with van der Waals surface area (Å²) in [6.07, 6.45) is 3.78. The lowest BCUT2D eigenvalue weighted by Crippen LogP contribution is -2.58. The Morgan fingerprint density at radius 2 is 1.48 bits per heavy atom. The number of nitrogens with one attached hydrogen (secondary N) is 5. The third kappa shape index (κ3) is 15.9. The number of ether oxygens (including phenoxy) is 1. The molecule has 2 heterocycles. The summed E-state index contributed by atoms with van der Waals surface area (Å²) in [7, 11) is -3.60. The molecule has 69 heavy (non-hydrogen) atoms. The number of hydrogen-bond acceptors (Lipinski definition) is 10. The third-order valence-electron chi connectivity index (χ3n) is 12.2. The van der Waals surface area contributed by atoms with Gasteiger partial charge < -0.3 is 42.0 Å². The number of amides is 6. The van der Waals surface area contributed by atoms with Crippen molar-refractivity contribution in [3.63, 3.8) is 0 Å². The van der Waals surface area contributed by atoms with E-state index in [-0.39, 0.29) is 64.2 Å². The maximum Gasteiger partial charge on any atom is 0.246 e. The van der Waals surface area contributed by atoms with E-state index in [2.05, 4.69) is 26.6 Å². The average Bonchev–Trinajstić information content (AvgIpc) is 3.34. The summed E-state index contributed by atoms with van der Waals surface area (Å²) >= 11 is 0. The van der Waals surface area contributed by atoms with Gasteiger partial charge in [0.15, 0.2) is 0 Å². The van der Waals surface area contributed by atoms with Gasteiger partial charge in [0.1, 0.15) is 12.1 Å². The number of nitrogens with two attached hydrogens (primary N) is 2. The molecule has 0 aliphatic carbocycles. The molecule has 6 rings (SSSR count). The molecule has 4 aromatic rings. The highest BCUT2D eigenvalue weighted by Crippen LogP contribution is 2.35. The quantitative estimate of drug-likeness (QED) is 0.0898. The van der Waals surface area contributed by atoms with Crippen LogP contribution in [0.15, 0.2) is 115 Å². The molecule has 0 aromatic heterocycles. The molecule has 18 heteroatoms. The first-order valence-electron chi connectivity index (χ1n) is 23.2. The van der Waals surface area contributed by atoms with Crippen LogP contribution >= 0.6 is 0 Å². The molecular formula is C51H62N8O9S. The van der Waals surface area contributed by atoms with Crippen LogP contribution in [0.1, 0.15) is 47.1 Å². The van der Waals surface area contributed by atoms with Gasteiger partial charge in [0, 0.05) is 57.8 Å². The average molecular weight is 963 g/mol. The zero-order valence-corrected chi connectivity index (χ0v) is 39.4. The molecule has 1 saturated heterocycles. The number of nitrogens with zero attached hydrogens (tertiary/aromatic N) is 1. The second kappa shape index (κ2) is 25.0.